The van der Waals surface area contributed by atoms with Crippen molar-refractivity contribution in [2.75, 3.05) is 0 Å². The van der Waals surface area contributed by atoms with Crippen LogP contribution in [0.5, 0.6) is 0 Å². The molecule has 18 unspecified atom stereocenters. The van der Waals surface area contributed by atoms with Crippen LogP contribution >= 0.6 is 0 Å². The van der Waals surface area contributed by atoms with Crippen molar-refractivity contribution < 1.29 is 13.0 Å². The molecule has 3 nitrogen and oxygen atoms in total. The Kier molecular flexibility index (Phi) is 0.307. The van der Waals surface area contributed by atoms with Gasteiger partial charge in [-0.3, -0.25) is 0 Å². The summed E-state index contributed by atoms with van der Waals surface area (Å²) in [5.74, 6) is 2.73. The van der Waals surface area contributed by atoms with E-state index in [1.165, 1.54) is 5.92 Å². The summed E-state index contributed by atoms with van der Waals surface area (Å²) < 4.78 is 34.4. The maximum absolute atomic E-state index is 11.5. The number of rotatable bonds is 1. The van der Waals surface area contributed by atoms with Crippen LogP contribution in [0.15, 0.2) is 0 Å². The molecule has 14 spiro atoms. The molecule has 0 bridgehead atoms. The van der Waals surface area contributed by atoms with Gasteiger partial charge in [0.15, 0.2) is 0 Å². The summed E-state index contributed by atoms with van der Waals surface area (Å²) in [6, 6.07) is 0. The van der Waals surface area contributed by atoms with Gasteiger partial charge in [-0.15, -0.1) is 0 Å². The molecule has 16 rings (SSSR count). The van der Waals surface area contributed by atoms with E-state index >= 15 is 0 Å². The van der Waals surface area contributed by atoms with E-state index in [1.807, 2.05) is 0 Å². The Morgan fingerprint density at radius 3 is 1.74 bits per heavy atom. The molecule has 108 valence electrons. The molecule has 18 atom stereocenters. The van der Waals surface area contributed by atoms with Crippen LogP contribution in [0.1, 0.15) is 6.92 Å². The van der Waals surface area contributed by atoms with E-state index in [0.29, 0.717) is 16.7 Å². The first-order valence-electron chi connectivity index (χ1n) is 9.96. The van der Waals surface area contributed by atoms with Crippen LogP contribution in [-0.4, -0.2) is 18.2 Å². The van der Waals surface area contributed by atoms with Crippen molar-refractivity contribution in [2.45, 2.75) is 12.2 Å². The number of hydrogen-bond donors (Lipinski definition) is 0. The maximum atomic E-state index is 11.5. The highest BCUT2D eigenvalue weighted by atomic mass is 32.2. The van der Waals surface area contributed by atoms with E-state index in [1.54, 1.807) is 0 Å². The monoisotopic (exact) mass is 315 g/mol. The van der Waals surface area contributed by atoms with E-state index in [2.05, 4.69) is 6.92 Å². The molecule has 16 fully saturated rings. The van der Waals surface area contributed by atoms with Crippen molar-refractivity contribution in [3.05, 3.63) is 0 Å². The summed E-state index contributed by atoms with van der Waals surface area (Å²) in [5, 5.41) is -0.389. The third-order valence-electron chi connectivity index (χ3n) is 17.5. The Balaban J connectivity index is 0.969. The first kappa shape index (κ1) is 7.65. The Bertz CT molecular complexity index is 1500. The smallest absolute Gasteiger partial charge is 0.0984 e. The normalized spacial score (nSPS) is 138. The van der Waals surface area contributed by atoms with Gasteiger partial charge in [-0.05, 0) is 82.7 Å². The van der Waals surface area contributed by atoms with Gasteiger partial charge in [-0.1, -0.05) is 6.92 Å². The van der Waals surface area contributed by atoms with Crippen molar-refractivity contribution in [2.24, 2.45) is 93.6 Å². The van der Waals surface area contributed by atoms with Gasteiger partial charge in [0.1, 0.15) is 0 Å². The van der Waals surface area contributed by atoms with Crippen LogP contribution in [0, 0.1) is 93.6 Å². The zero-order valence-electron chi connectivity index (χ0n) is 11.9. The third kappa shape index (κ3) is 0.147. The molecule has 0 aromatic heterocycles. The Morgan fingerprint density at radius 2 is 1.17 bits per heavy atom. The first-order valence-corrected chi connectivity index (χ1v) is 11.4. The molecule has 0 N–H and O–H groups in total. The van der Waals surface area contributed by atoms with Gasteiger partial charge in [0.2, 0.25) is 0 Å². The molecular formula is C19H7O3S-. The molecule has 0 aromatic rings. The highest BCUT2D eigenvalue weighted by Gasteiger charge is 3.89. The molecule has 0 saturated heterocycles. The average Bonchev–Trinajstić information content (AvgIpc) is 3.17. The van der Waals surface area contributed by atoms with Gasteiger partial charge in [-0.25, -0.2) is 8.42 Å². The quantitative estimate of drug-likeness (QED) is 0.630. The van der Waals surface area contributed by atoms with E-state index in [-0.39, 0.29) is 10.7 Å². The predicted molar refractivity (Wildman–Crippen MR) is 63.7 cm³/mol. The molecule has 16 aliphatic carbocycles. The van der Waals surface area contributed by atoms with Crippen molar-refractivity contribution in [1.29, 1.82) is 0 Å². The Hall–Kier alpha value is -0.0900. The minimum atomic E-state index is -3.97. The van der Waals surface area contributed by atoms with Crippen molar-refractivity contribution in [3.8, 4) is 0 Å². The molecule has 0 amide bonds. The Labute approximate surface area is 129 Å². The van der Waals surface area contributed by atoms with Crippen molar-refractivity contribution in [3.63, 3.8) is 0 Å². The van der Waals surface area contributed by atoms with Gasteiger partial charge in [0, 0.05) is 10.8 Å². The summed E-state index contributed by atoms with van der Waals surface area (Å²) in [6.45, 7) is 2.53. The van der Waals surface area contributed by atoms with Gasteiger partial charge in [0.05, 0.1) is 15.4 Å². The van der Waals surface area contributed by atoms with Crippen LogP contribution in [-0.2, 0) is 10.1 Å². The largest absolute Gasteiger partial charge is 0.748 e. The van der Waals surface area contributed by atoms with Crippen molar-refractivity contribution >= 4 is 10.1 Å². The van der Waals surface area contributed by atoms with E-state index in [0.717, 1.165) is 65.5 Å². The first-order chi connectivity index (χ1) is 11.0. The number of hydrogen-bond acceptors (Lipinski definition) is 3. The molecule has 16 aliphatic rings. The topological polar surface area (TPSA) is 57.2 Å². The highest BCUT2D eigenvalue weighted by molar-refractivity contribution is 7.86. The van der Waals surface area contributed by atoms with E-state index in [9.17, 15) is 13.0 Å². The molecule has 23 heavy (non-hydrogen) atoms. The fourth-order valence-electron chi connectivity index (χ4n) is 20.7. The zero-order valence-corrected chi connectivity index (χ0v) is 12.8. The van der Waals surface area contributed by atoms with Crippen LogP contribution < -0.4 is 0 Å². The van der Waals surface area contributed by atoms with Gasteiger partial charge < -0.3 is 4.55 Å². The summed E-state index contributed by atoms with van der Waals surface area (Å²) in [5.41, 5.74) is 11.4. The molecule has 0 heterocycles. The molecule has 0 radical (unpaired) electrons. The Morgan fingerprint density at radius 1 is 0.696 bits per heavy atom. The second-order valence-electron chi connectivity index (χ2n) is 13.5. The molecule has 4 heteroatoms. The second-order valence-corrected chi connectivity index (χ2v) is 15.0. The molecule has 16 saturated carbocycles. The molecular weight excluding hydrogens is 308 g/mol. The average molecular weight is 315 g/mol. The highest BCUT2D eigenvalue weighted by Crippen LogP contribution is 3.89. The van der Waals surface area contributed by atoms with Gasteiger partial charge >= 0.3 is 0 Å². The minimum absolute atomic E-state index is 0.157. The van der Waals surface area contributed by atoms with Gasteiger partial charge in [-0.2, -0.15) is 0 Å². The lowest BCUT2D eigenvalue weighted by Gasteiger charge is -2.21. The fourth-order valence-corrected chi connectivity index (χ4v) is 22.3. The van der Waals surface area contributed by atoms with Crippen molar-refractivity contribution in [1.82, 2.24) is 0 Å². The van der Waals surface area contributed by atoms with Crippen LogP contribution in [0.2, 0.25) is 0 Å². The summed E-state index contributed by atoms with van der Waals surface area (Å²) >= 11 is 0. The SMILES string of the molecule is CC1C2C13C21C32C13C21C32C13C14C56C78C9C(S(=O)(=O)[O-])C97C85C61C243. The maximum Gasteiger partial charge on any atom is 0.0984 e. The van der Waals surface area contributed by atoms with E-state index in [4.69, 9.17) is 0 Å². The van der Waals surface area contributed by atoms with Crippen LogP contribution in [0.25, 0.3) is 0 Å². The lowest BCUT2D eigenvalue weighted by molar-refractivity contribution is 0.257. The molecule has 0 aliphatic heterocycles. The van der Waals surface area contributed by atoms with Gasteiger partial charge in [0.25, 0.3) is 0 Å². The predicted octanol–water partition coefficient (Wildman–Crippen LogP) is -0.204. The van der Waals surface area contributed by atoms with Crippen LogP contribution in [0.4, 0.5) is 0 Å². The minimum Gasteiger partial charge on any atom is -0.748 e. The standard InChI is InChI=1S/C19H8O3S/c1-2-3-6(2)8(3)10(6)12(8)14(10)16(12)18(14)17-13-9-4-5(23(20,21)22)7(4,9)11(9,13)15(13,17)19(16,17)18/h2-5H,1H3,(H,20,21,22)/p-1. The zero-order chi connectivity index (χ0) is 13.8. The summed E-state index contributed by atoms with van der Waals surface area (Å²) in [4.78, 5) is 0. The molecule has 0 aromatic carbocycles. The van der Waals surface area contributed by atoms with E-state index < -0.39 is 10.1 Å². The lowest BCUT2D eigenvalue weighted by Crippen LogP contribution is -2.24. The third-order valence-corrected chi connectivity index (χ3v) is 18.8. The summed E-state index contributed by atoms with van der Waals surface area (Å²) in [6.07, 6.45) is 0. The lowest BCUT2D eigenvalue weighted by atomic mass is 9.83. The van der Waals surface area contributed by atoms with Crippen LogP contribution in [0.3, 0.4) is 0 Å². The fraction of sp³-hybridized carbons (Fsp3) is 1.00. The second kappa shape index (κ2) is 0.922. The summed E-state index contributed by atoms with van der Waals surface area (Å²) in [7, 11) is -3.97.